The molecule has 9 aromatic carbocycles. The second-order valence-electron chi connectivity index (χ2n) is 11.9. The van der Waals surface area contributed by atoms with Gasteiger partial charge in [0.05, 0.1) is 9.60 Å². The molecule has 0 fully saturated rings. The van der Waals surface area contributed by atoms with Gasteiger partial charge in [0.2, 0.25) is 0 Å². The van der Waals surface area contributed by atoms with Crippen LogP contribution in [0.2, 0.25) is 0 Å². The molecule has 0 N–H and O–H groups in total. The predicted octanol–water partition coefficient (Wildman–Crippen LogP) is 13.5. The van der Waals surface area contributed by atoms with E-state index >= 15 is 0 Å². The molecule has 0 heteroatoms. The van der Waals surface area contributed by atoms with Crippen LogP contribution in [0.25, 0.3) is 88.0 Å². The molecule has 9 aromatic rings. The molecular formula is C48H32. The van der Waals surface area contributed by atoms with E-state index in [1.54, 1.807) is 0 Å². The van der Waals surface area contributed by atoms with E-state index in [0.717, 1.165) is 33.0 Å². The van der Waals surface area contributed by atoms with Crippen LogP contribution in [0.1, 0.15) is 9.60 Å². The molecule has 0 unspecified atom stereocenters. The van der Waals surface area contributed by atoms with E-state index in [4.69, 9.17) is 2.74 Å². The Morgan fingerprint density at radius 3 is 1.58 bits per heavy atom. The zero-order chi connectivity index (χ0) is 38.0. The van der Waals surface area contributed by atoms with Gasteiger partial charge in [0.15, 0.2) is 0 Å². The highest BCUT2D eigenvalue weighted by Gasteiger charge is 2.19. The van der Waals surface area contributed by atoms with Crippen molar-refractivity contribution in [3.8, 4) is 55.6 Å². The van der Waals surface area contributed by atoms with Crippen LogP contribution in [-0.2, 0) is 0 Å². The second kappa shape index (κ2) is 11.8. The minimum Gasteiger partial charge on any atom is -0.0622 e. The Kier molecular flexibility index (Phi) is 5.31. The molecule has 0 amide bonds. The van der Waals surface area contributed by atoms with E-state index in [2.05, 4.69) is 36.4 Å². The average molecular weight is 616 g/mol. The van der Waals surface area contributed by atoms with Crippen molar-refractivity contribution in [3.63, 3.8) is 0 Å². The Labute approximate surface area is 291 Å². The summed E-state index contributed by atoms with van der Waals surface area (Å²) in [7, 11) is 0. The first-order valence-electron chi connectivity index (χ1n) is 19.5. The molecule has 0 radical (unpaired) electrons. The molecule has 0 saturated carbocycles. The van der Waals surface area contributed by atoms with Crippen molar-refractivity contribution in [2.75, 3.05) is 0 Å². The van der Waals surface area contributed by atoms with Crippen molar-refractivity contribution < 1.29 is 9.60 Å². The minimum atomic E-state index is -0.388. The van der Waals surface area contributed by atoms with Gasteiger partial charge in [-0.3, -0.25) is 0 Å². The van der Waals surface area contributed by atoms with Gasteiger partial charge in [-0.15, -0.1) is 0 Å². The topological polar surface area (TPSA) is 0 Å². The summed E-state index contributed by atoms with van der Waals surface area (Å²) in [6, 6.07) is 47.5. The molecule has 0 aliphatic heterocycles. The minimum absolute atomic E-state index is 0.0191. The fourth-order valence-corrected chi connectivity index (χ4v) is 6.81. The van der Waals surface area contributed by atoms with Crippen LogP contribution in [0.5, 0.6) is 0 Å². The molecule has 0 heterocycles. The summed E-state index contributed by atoms with van der Waals surface area (Å²) < 4.78 is 65.8. The lowest BCUT2D eigenvalue weighted by Crippen LogP contribution is -1.93. The van der Waals surface area contributed by atoms with E-state index in [-0.39, 0.29) is 58.6 Å². The zero-order valence-corrected chi connectivity index (χ0v) is 25.9. The summed E-state index contributed by atoms with van der Waals surface area (Å²) >= 11 is 0. The quantitative estimate of drug-likeness (QED) is 0.169. The molecule has 0 aliphatic carbocycles. The summed E-state index contributed by atoms with van der Waals surface area (Å²) in [5, 5.41) is 2.93. The maximum absolute atomic E-state index is 9.95. The summed E-state index contributed by atoms with van der Waals surface area (Å²) in [5.74, 6) is 0. The highest BCUT2D eigenvalue weighted by atomic mass is 14.2. The normalized spacial score (nSPS) is 13.4. The molecule has 0 aliphatic rings. The van der Waals surface area contributed by atoms with E-state index in [0.29, 0.717) is 38.6 Å². The van der Waals surface area contributed by atoms with Crippen molar-refractivity contribution >= 4 is 32.3 Å². The van der Waals surface area contributed by atoms with Crippen molar-refractivity contribution in [3.05, 3.63) is 194 Å². The number of hydrogen-bond acceptors (Lipinski definition) is 0. The largest absolute Gasteiger partial charge is 0.0636 e. The number of fused-ring (bicyclic) bond motifs is 3. The first-order valence-corrected chi connectivity index (χ1v) is 16.0. The van der Waals surface area contributed by atoms with E-state index in [1.807, 2.05) is 115 Å². The van der Waals surface area contributed by atoms with Gasteiger partial charge < -0.3 is 0 Å². The van der Waals surface area contributed by atoms with Gasteiger partial charge in [-0.25, -0.2) is 0 Å². The molecule has 0 saturated heterocycles. The van der Waals surface area contributed by atoms with Crippen LogP contribution in [0, 0.1) is 0 Å². The average Bonchev–Trinajstić information content (AvgIpc) is 3.23. The van der Waals surface area contributed by atoms with Crippen molar-refractivity contribution in [2.24, 2.45) is 0 Å². The Morgan fingerprint density at radius 1 is 0.312 bits per heavy atom. The van der Waals surface area contributed by atoms with Crippen LogP contribution in [0.15, 0.2) is 194 Å². The maximum Gasteiger partial charge on any atom is 0.0636 e. The molecule has 0 atom stereocenters. The Balaban J connectivity index is 1.45. The summed E-state index contributed by atoms with van der Waals surface area (Å²) in [6.07, 6.45) is 0. The third-order valence-electron chi connectivity index (χ3n) is 9.10. The van der Waals surface area contributed by atoms with Crippen LogP contribution in [-0.4, -0.2) is 0 Å². The van der Waals surface area contributed by atoms with Gasteiger partial charge in [0.25, 0.3) is 0 Å². The lowest BCUT2D eigenvalue weighted by Gasteiger charge is -2.20. The Morgan fingerprint density at radius 2 is 0.833 bits per heavy atom. The van der Waals surface area contributed by atoms with E-state index in [9.17, 15) is 6.85 Å². The lowest BCUT2D eigenvalue weighted by atomic mass is 9.83. The highest BCUT2D eigenvalue weighted by molar-refractivity contribution is 6.24. The van der Waals surface area contributed by atoms with Gasteiger partial charge in [-0.1, -0.05) is 182 Å². The van der Waals surface area contributed by atoms with Gasteiger partial charge >= 0.3 is 0 Å². The Bertz CT molecular complexity index is 2970. The van der Waals surface area contributed by atoms with Crippen molar-refractivity contribution in [1.29, 1.82) is 0 Å². The van der Waals surface area contributed by atoms with Crippen molar-refractivity contribution in [2.45, 2.75) is 0 Å². The SMILES string of the molecule is [2H]c1c([2H])c([2H])c2c(-c3cccc4ccccc34)c3c([2H])c([2H])c(-c4ccccc4)c([2H])c3c(-c3cccc(-c4ccc(-c5ccccc5)cc4)c3)c2c1[2H]. The van der Waals surface area contributed by atoms with Crippen LogP contribution in [0.3, 0.4) is 0 Å². The first-order chi connectivity index (χ1) is 26.7. The predicted molar refractivity (Wildman–Crippen MR) is 206 cm³/mol. The molecule has 0 aromatic heterocycles. The zero-order valence-electron chi connectivity index (χ0n) is 32.9. The number of hydrogen-bond donors (Lipinski definition) is 0. The summed E-state index contributed by atoms with van der Waals surface area (Å²) in [4.78, 5) is 0. The van der Waals surface area contributed by atoms with E-state index < -0.39 is 0 Å². The molecule has 0 spiro atoms. The molecule has 48 heavy (non-hydrogen) atoms. The molecule has 0 bridgehead atoms. The molecule has 224 valence electrons. The standard InChI is InChI=1S/C48H32/c1-3-13-33(14-4-1)35-25-27-36(28-26-35)38-19-11-20-40(31-38)47-43-22-9-10-23-44(43)48(42-24-12-18-37-17-7-8-21-41(37)42)45-30-29-39(32-46(45)47)34-15-5-2-6-16-34/h1-32H/i9D,10D,22D,23D,29D,30D,32D. The molecule has 9 rings (SSSR count). The van der Waals surface area contributed by atoms with Crippen LogP contribution >= 0.6 is 0 Å². The number of benzene rings is 9. The third kappa shape index (κ3) is 4.87. The second-order valence-corrected chi connectivity index (χ2v) is 11.9. The van der Waals surface area contributed by atoms with E-state index in [1.165, 1.54) is 0 Å². The Hall–Kier alpha value is -6.24. The van der Waals surface area contributed by atoms with Gasteiger partial charge in [-0.2, -0.15) is 0 Å². The monoisotopic (exact) mass is 615 g/mol. The first kappa shape index (κ1) is 21.5. The van der Waals surface area contributed by atoms with Gasteiger partial charge in [-0.05, 0) is 100 Å². The van der Waals surface area contributed by atoms with Crippen molar-refractivity contribution in [1.82, 2.24) is 0 Å². The molecule has 0 nitrogen and oxygen atoms in total. The summed E-state index contributed by atoms with van der Waals surface area (Å²) in [5.41, 5.74) is 7.08. The maximum atomic E-state index is 9.95. The molecular weight excluding hydrogens is 577 g/mol. The highest BCUT2D eigenvalue weighted by Crippen LogP contribution is 2.46. The number of rotatable bonds is 5. The fourth-order valence-electron chi connectivity index (χ4n) is 6.81. The third-order valence-corrected chi connectivity index (χ3v) is 9.10. The fraction of sp³-hybridized carbons (Fsp3) is 0. The lowest BCUT2D eigenvalue weighted by molar-refractivity contribution is 1.58. The van der Waals surface area contributed by atoms with Gasteiger partial charge in [0.1, 0.15) is 0 Å². The van der Waals surface area contributed by atoms with Crippen LogP contribution < -0.4 is 0 Å². The van der Waals surface area contributed by atoms with Crippen LogP contribution in [0.4, 0.5) is 0 Å². The van der Waals surface area contributed by atoms with Gasteiger partial charge in [0, 0.05) is 0 Å². The summed E-state index contributed by atoms with van der Waals surface area (Å²) in [6.45, 7) is 0. The smallest absolute Gasteiger partial charge is 0.0622 e.